The van der Waals surface area contributed by atoms with Crippen molar-refractivity contribution < 1.29 is 27.8 Å². The minimum absolute atomic E-state index is 0.0542. The van der Waals surface area contributed by atoms with E-state index in [0.717, 1.165) is 10.2 Å². The van der Waals surface area contributed by atoms with E-state index in [0.29, 0.717) is 22.3 Å². The summed E-state index contributed by atoms with van der Waals surface area (Å²) in [6.45, 7) is 0. The van der Waals surface area contributed by atoms with Gasteiger partial charge in [0.1, 0.15) is 11.5 Å². The third-order valence-electron chi connectivity index (χ3n) is 4.81. The molecular formula is C21H17NO6S. The zero-order valence-electron chi connectivity index (χ0n) is 15.6. The van der Waals surface area contributed by atoms with Gasteiger partial charge < -0.3 is 14.6 Å². The number of ether oxygens (including phenoxy) is 2. The lowest BCUT2D eigenvalue weighted by Crippen LogP contribution is -2.12. The van der Waals surface area contributed by atoms with Gasteiger partial charge in [-0.2, -0.15) is 0 Å². The maximum absolute atomic E-state index is 13.5. The van der Waals surface area contributed by atoms with Gasteiger partial charge in [0.15, 0.2) is 0 Å². The Labute approximate surface area is 166 Å². The summed E-state index contributed by atoms with van der Waals surface area (Å²) in [5, 5.41) is 11.0. The molecule has 4 aromatic rings. The molecule has 8 heteroatoms. The van der Waals surface area contributed by atoms with Gasteiger partial charge in [0, 0.05) is 22.4 Å². The Morgan fingerprint density at radius 1 is 0.931 bits per heavy atom. The topological polar surface area (TPSA) is 94.8 Å². The summed E-state index contributed by atoms with van der Waals surface area (Å²) in [5.41, 5.74) is 0.128. The molecule has 0 saturated heterocycles. The van der Waals surface area contributed by atoms with Crippen molar-refractivity contribution in [3.63, 3.8) is 0 Å². The fraction of sp³-hybridized carbons (Fsp3) is 0.0952. The molecule has 0 spiro atoms. The lowest BCUT2D eigenvalue weighted by Gasteiger charge is -2.13. The number of methoxy groups -OCH3 is 2. The highest BCUT2D eigenvalue weighted by Gasteiger charge is 2.26. The zero-order valence-corrected chi connectivity index (χ0v) is 16.4. The summed E-state index contributed by atoms with van der Waals surface area (Å²) >= 11 is 0. The number of aromatic carboxylic acids is 1. The first kappa shape index (κ1) is 18.8. The van der Waals surface area contributed by atoms with Crippen LogP contribution in [-0.2, 0) is 10.0 Å². The first-order valence-electron chi connectivity index (χ1n) is 8.62. The average molecular weight is 411 g/mol. The van der Waals surface area contributed by atoms with Crippen molar-refractivity contribution in [2.45, 2.75) is 4.90 Å². The van der Waals surface area contributed by atoms with Gasteiger partial charge in [-0.1, -0.05) is 24.3 Å². The van der Waals surface area contributed by atoms with Crippen molar-refractivity contribution in [3.8, 4) is 11.5 Å². The maximum atomic E-state index is 13.5. The van der Waals surface area contributed by atoms with Crippen LogP contribution >= 0.6 is 0 Å². The van der Waals surface area contributed by atoms with Crippen molar-refractivity contribution in [1.29, 1.82) is 0 Å². The largest absolute Gasteiger partial charge is 0.497 e. The Kier molecular flexibility index (Phi) is 4.43. The fourth-order valence-corrected chi connectivity index (χ4v) is 5.00. The van der Waals surface area contributed by atoms with Crippen molar-refractivity contribution in [2.24, 2.45) is 0 Å². The van der Waals surface area contributed by atoms with E-state index in [4.69, 9.17) is 9.47 Å². The first-order chi connectivity index (χ1) is 13.9. The number of fused-ring (bicyclic) bond motifs is 2. The van der Waals surface area contributed by atoms with E-state index in [-0.39, 0.29) is 21.4 Å². The highest BCUT2D eigenvalue weighted by atomic mass is 32.2. The van der Waals surface area contributed by atoms with Crippen molar-refractivity contribution in [1.82, 2.24) is 3.97 Å². The summed E-state index contributed by atoms with van der Waals surface area (Å²) < 4.78 is 38.6. The monoisotopic (exact) mass is 411 g/mol. The highest BCUT2D eigenvalue weighted by Crippen LogP contribution is 2.34. The molecule has 3 aromatic carbocycles. The number of benzene rings is 3. The summed E-state index contributed by atoms with van der Waals surface area (Å²) in [5.74, 6) is -0.241. The van der Waals surface area contributed by atoms with E-state index in [2.05, 4.69) is 0 Å². The third kappa shape index (κ3) is 2.89. The molecule has 0 aliphatic rings. The molecule has 0 unspecified atom stereocenters. The number of nitrogens with zero attached hydrogens (tertiary/aromatic N) is 1. The molecule has 0 saturated carbocycles. The Hall–Kier alpha value is -3.52. The number of hydrogen-bond acceptors (Lipinski definition) is 5. The van der Waals surface area contributed by atoms with Gasteiger partial charge in [-0.3, -0.25) is 0 Å². The van der Waals surface area contributed by atoms with Crippen molar-refractivity contribution in [2.75, 3.05) is 14.2 Å². The summed E-state index contributed by atoms with van der Waals surface area (Å²) in [6, 6.07) is 14.7. The second-order valence-electron chi connectivity index (χ2n) is 6.34. The molecule has 0 atom stereocenters. The number of carboxylic acid groups (broad SMARTS) is 1. The van der Waals surface area contributed by atoms with Crippen LogP contribution in [0.3, 0.4) is 0 Å². The minimum Gasteiger partial charge on any atom is -0.497 e. The van der Waals surface area contributed by atoms with Crippen LogP contribution in [0.25, 0.3) is 21.7 Å². The molecule has 0 fully saturated rings. The second kappa shape index (κ2) is 6.82. The molecule has 0 radical (unpaired) electrons. The Bertz CT molecular complexity index is 1370. The van der Waals surface area contributed by atoms with Crippen molar-refractivity contribution >= 4 is 37.7 Å². The average Bonchev–Trinajstić information content (AvgIpc) is 3.12. The normalized spacial score (nSPS) is 11.7. The Balaban J connectivity index is 2.04. The van der Waals surface area contributed by atoms with Crippen LogP contribution in [0.15, 0.2) is 65.7 Å². The van der Waals surface area contributed by atoms with Gasteiger partial charge in [0.2, 0.25) is 0 Å². The predicted octanol–water partition coefficient (Wildman–Crippen LogP) is 3.75. The molecule has 0 amide bonds. The van der Waals surface area contributed by atoms with E-state index < -0.39 is 16.0 Å². The molecule has 148 valence electrons. The predicted molar refractivity (Wildman–Crippen MR) is 109 cm³/mol. The number of carbonyl (C=O) groups is 1. The van der Waals surface area contributed by atoms with Crippen LogP contribution in [0.2, 0.25) is 0 Å². The molecule has 1 heterocycles. The molecule has 7 nitrogen and oxygen atoms in total. The van der Waals surface area contributed by atoms with Crippen LogP contribution in [0.1, 0.15) is 10.4 Å². The van der Waals surface area contributed by atoms with E-state index in [1.807, 2.05) is 0 Å². The molecule has 29 heavy (non-hydrogen) atoms. The smallest absolute Gasteiger partial charge is 0.337 e. The molecule has 1 N–H and O–H groups in total. The van der Waals surface area contributed by atoms with Gasteiger partial charge in [0.25, 0.3) is 10.0 Å². The van der Waals surface area contributed by atoms with Crippen molar-refractivity contribution in [3.05, 3.63) is 66.4 Å². The second-order valence-corrected chi connectivity index (χ2v) is 8.13. The first-order valence-corrected chi connectivity index (χ1v) is 10.1. The third-order valence-corrected chi connectivity index (χ3v) is 6.54. The molecule has 4 rings (SSSR count). The Morgan fingerprint density at radius 2 is 1.66 bits per heavy atom. The van der Waals surface area contributed by atoms with Crippen LogP contribution < -0.4 is 9.47 Å². The standard InChI is InChI=1S/C21H17NO6S/c1-27-13-7-8-18-16(11-13)17(21(23)24)12-22(18)29(25,26)20-10-9-19(28-2)14-5-3-4-6-15(14)20/h3-12H,1-2H3,(H,23,24). The van der Waals surface area contributed by atoms with Gasteiger partial charge >= 0.3 is 5.97 Å². The Morgan fingerprint density at radius 3 is 2.31 bits per heavy atom. The van der Waals surface area contributed by atoms with Gasteiger partial charge in [-0.05, 0) is 30.3 Å². The van der Waals surface area contributed by atoms with Gasteiger partial charge in [-0.25, -0.2) is 17.2 Å². The number of rotatable bonds is 5. The number of aromatic nitrogens is 1. The fourth-order valence-electron chi connectivity index (χ4n) is 3.43. The van der Waals surface area contributed by atoms with Crippen LogP contribution in [-0.4, -0.2) is 37.7 Å². The molecule has 1 aromatic heterocycles. The number of carboxylic acids is 1. The summed E-state index contributed by atoms with van der Waals surface area (Å²) in [4.78, 5) is 11.8. The van der Waals surface area contributed by atoms with E-state index in [1.54, 1.807) is 36.4 Å². The van der Waals surface area contributed by atoms with Crippen LogP contribution in [0, 0.1) is 0 Å². The van der Waals surface area contributed by atoms with E-state index in [1.165, 1.54) is 32.4 Å². The zero-order chi connectivity index (χ0) is 20.8. The van der Waals surface area contributed by atoms with E-state index >= 15 is 0 Å². The van der Waals surface area contributed by atoms with Crippen LogP contribution in [0.5, 0.6) is 11.5 Å². The van der Waals surface area contributed by atoms with E-state index in [9.17, 15) is 18.3 Å². The minimum atomic E-state index is -4.09. The summed E-state index contributed by atoms with van der Waals surface area (Å²) in [6.07, 6.45) is 1.13. The molecular weight excluding hydrogens is 394 g/mol. The molecule has 0 aliphatic carbocycles. The lowest BCUT2D eigenvalue weighted by molar-refractivity contribution is 0.0699. The highest BCUT2D eigenvalue weighted by molar-refractivity contribution is 7.90. The maximum Gasteiger partial charge on any atom is 0.337 e. The van der Waals surface area contributed by atoms with Crippen LogP contribution in [0.4, 0.5) is 0 Å². The summed E-state index contributed by atoms with van der Waals surface area (Å²) in [7, 11) is -1.12. The van der Waals surface area contributed by atoms with Gasteiger partial charge in [0.05, 0.1) is 30.2 Å². The molecule has 0 aliphatic heterocycles. The number of hydrogen-bond donors (Lipinski definition) is 1. The lowest BCUT2D eigenvalue weighted by atomic mass is 10.1. The molecule has 0 bridgehead atoms. The van der Waals surface area contributed by atoms with Gasteiger partial charge in [-0.15, -0.1) is 0 Å². The SMILES string of the molecule is COc1ccc2c(c1)c(C(=O)O)cn2S(=O)(=O)c1ccc(OC)c2ccccc12. The quantitative estimate of drug-likeness (QED) is 0.537.